The number of rotatable bonds is 1. The van der Waals surface area contributed by atoms with Gasteiger partial charge in [-0.25, -0.2) is 0 Å². The van der Waals surface area contributed by atoms with Crippen molar-refractivity contribution in [3.8, 4) is 0 Å². The number of hydrogen-bond donors (Lipinski definition) is 2. The van der Waals surface area contributed by atoms with Gasteiger partial charge in [-0.1, -0.05) is 42.0 Å². The van der Waals surface area contributed by atoms with Gasteiger partial charge in [0.25, 0.3) is 5.91 Å². The van der Waals surface area contributed by atoms with Crippen molar-refractivity contribution in [1.82, 2.24) is 5.32 Å². The lowest BCUT2D eigenvalue weighted by Gasteiger charge is -2.38. The standard InChI is InChI=1S/C16H16N2O/c1-11-7-9-12(10-8-11)16(2)17-14-6-4-3-5-13(14)15(19)18-16/h3-10,17H,1-2H3,(H,18,19). The molecule has 1 amide bonds. The van der Waals surface area contributed by atoms with E-state index >= 15 is 0 Å². The van der Waals surface area contributed by atoms with Gasteiger partial charge in [0.05, 0.1) is 5.56 Å². The Labute approximate surface area is 112 Å². The Morgan fingerprint density at radius 1 is 0.947 bits per heavy atom. The van der Waals surface area contributed by atoms with Gasteiger partial charge in [-0.15, -0.1) is 0 Å². The van der Waals surface area contributed by atoms with Crippen molar-refractivity contribution in [2.24, 2.45) is 0 Å². The molecule has 0 aliphatic carbocycles. The molecule has 3 heteroatoms. The van der Waals surface area contributed by atoms with Gasteiger partial charge < -0.3 is 10.6 Å². The monoisotopic (exact) mass is 252 g/mol. The van der Waals surface area contributed by atoms with Gasteiger partial charge >= 0.3 is 0 Å². The Balaban J connectivity index is 2.04. The second-order valence-corrected chi connectivity index (χ2v) is 5.12. The summed E-state index contributed by atoms with van der Waals surface area (Å²) in [5.41, 5.74) is 3.23. The first-order valence-electron chi connectivity index (χ1n) is 6.35. The molecule has 3 nitrogen and oxygen atoms in total. The first-order chi connectivity index (χ1) is 9.08. The first kappa shape index (κ1) is 11.8. The lowest BCUT2D eigenvalue weighted by molar-refractivity contribution is 0.0906. The number of hydrogen-bond acceptors (Lipinski definition) is 2. The van der Waals surface area contributed by atoms with E-state index in [1.807, 2.05) is 50.2 Å². The van der Waals surface area contributed by atoms with Gasteiger partial charge in [0, 0.05) is 5.69 Å². The molecule has 3 rings (SSSR count). The number of benzene rings is 2. The molecule has 2 aromatic carbocycles. The molecule has 2 N–H and O–H groups in total. The molecule has 2 aromatic rings. The summed E-state index contributed by atoms with van der Waals surface area (Å²) < 4.78 is 0. The average molecular weight is 252 g/mol. The predicted octanol–water partition coefficient (Wildman–Crippen LogP) is 3.02. The molecule has 1 atom stereocenters. The lowest BCUT2D eigenvalue weighted by Crippen LogP contribution is -2.52. The van der Waals surface area contributed by atoms with E-state index in [4.69, 9.17) is 0 Å². The summed E-state index contributed by atoms with van der Waals surface area (Å²) in [6.45, 7) is 4.03. The number of anilines is 1. The normalized spacial score (nSPS) is 21.3. The largest absolute Gasteiger partial charge is 0.359 e. The smallest absolute Gasteiger partial charge is 0.255 e. The van der Waals surface area contributed by atoms with E-state index < -0.39 is 5.66 Å². The fourth-order valence-electron chi connectivity index (χ4n) is 2.42. The van der Waals surface area contributed by atoms with Crippen LogP contribution < -0.4 is 10.6 Å². The first-order valence-corrected chi connectivity index (χ1v) is 6.35. The van der Waals surface area contributed by atoms with Crippen molar-refractivity contribution in [2.75, 3.05) is 5.32 Å². The van der Waals surface area contributed by atoms with E-state index in [1.165, 1.54) is 5.56 Å². The van der Waals surface area contributed by atoms with Crippen LogP contribution in [0.3, 0.4) is 0 Å². The topological polar surface area (TPSA) is 41.1 Å². The predicted molar refractivity (Wildman–Crippen MR) is 76.1 cm³/mol. The molecular weight excluding hydrogens is 236 g/mol. The highest BCUT2D eigenvalue weighted by Gasteiger charge is 2.34. The number of carbonyl (C=O) groups is 1. The Hall–Kier alpha value is -2.29. The minimum absolute atomic E-state index is 0.0441. The Morgan fingerprint density at radius 3 is 2.37 bits per heavy atom. The number of para-hydroxylation sites is 1. The van der Waals surface area contributed by atoms with Crippen molar-refractivity contribution in [3.05, 3.63) is 65.2 Å². The van der Waals surface area contributed by atoms with Crippen LogP contribution in [0.4, 0.5) is 5.69 Å². The lowest BCUT2D eigenvalue weighted by atomic mass is 9.95. The van der Waals surface area contributed by atoms with Gasteiger partial charge in [-0.05, 0) is 31.5 Å². The summed E-state index contributed by atoms with van der Waals surface area (Å²) in [7, 11) is 0. The average Bonchev–Trinajstić information content (AvgIpc) is 2.39. The molecule has 0 saturated heterocycles. The van der Waals surface area contributed by atoms with Crippen LogP contribution >= 0.6 is 0 Å². The van der Waals surface area contributed by atoms with Gasteiger partial charge in [0.2, 0.25) is 0 Å². The van der Waals surface area contributed by atoms with Crippen LogP contribution in [-0.4, -0.2) is 5.91 Å². The minimum atomic E-state index is -0.570. The number of amides is 1. The summed E-state index contributed by atoms with van der Waals surface area (Å²) in [5.74, 6) is -0.0441. The van der Waals surface area contributed by atoms with Gasteiger partial charge in [0.15, 0.2) is 0 Å². The SMILES string of the molecule is Cc1ccc(C2(C)NC(=O)c3ccccc3N2)cc1. The highest BCUT2D eigenvalue weighted by Crippen LogP contribution is 2.30. The van der Waals surface area contributed by atoms with Gasteiger partial charge in [0.1, 0.15) is 5.66 Å². The molecule has 0 bridgehead atoms. The van der Waals surface area contributed by atoms with E-state index in [-0.39, 0.29) is 5.91 Å². The molecule has 0 saturated carbocycles. The summed E-state index contributed by atoms with van der Waals surface area (Å²) in [5, 5.41) is 6.44. The van der Waals surface area contributed by atoms with Crippen LogP contribution in [0.15, 0.2) is 48.5 Å². The van der Waals surface area contributed by atoms with Crippen LogP contribution in [0.2, 0.25) is 0 Å². The zero-order valence-electron chi connectivity index (χ0n) is 11.0. The molecule has 1 aliphatic heterocycles. The maximum atomic E-state index is 12.2. The quantitative estimate of drug-likeness (QED) is 0.819. The van der Waals surface area contributed by atoms with Crippen molar-refractivity contribution in [3.63, 3.8) is 0 Å². The van der Waals surface area contributed by atoms with E-state index in [1.54, 1.807) is 0 Å². The number of aryl methyl sites for hydroxylation is 1. The Morgan fingerprint density at radius 2 is 1.63 bits per heavy atom. The number of carbonyl (C=O) groups excluding carboxylic acids is 1. The molecule has 0 aromatic heterocycles. The third-order valence-electron chi connectivity index (χ3n) is 3.55. The summed E-state index contributed by atoms with van der Waals surface area (Å²) in [6.07, 6.45) is 0. The third kappa shape index (κ3) is 1.97. The van der Waals surface area contributed by atoms with Crippen LogP contribution in [0.1, 0.15) is 28.4 Å². The Kier molecular flexibility index (Phi) is 2.56. The molecule has 19 heavy (non-hydrogen) atoms. The van der Waals surface area contributed by atoms with Gasteiger partial charge in [-0.2, -0.15) is 0 Å². The summed E-state index contributed by atoms with van der Waals surface area (Å²) in [6, 6.07) is 15.7. The summed E-state index contributed by atoms with van der Waals surface area (Å²) >= 11 is 0. The maximum absolute atomic E-state index is 12.2. The third-order valence-corrected chi connectivity index (χ3v) is 3.55. The molecular formula is C16H16N2O. The highest BCUT2D eigenvalue weighted by molar-refractivity contribution is 6.02. The van der Waals surface area contributed by atoms with E-state index in [0.717, 1.165) is 11.3 Å². The highest BCUT2D eigenvalue weighted by atomic mass is 16.2. The van der Waals surface area contributed by atoms with Crippen LogP contribution in [-0.2, 0) is 5.66 Å². The molecule has 0 spiro atoms. The van der Waals surface area contributed by atoms with E-state index in [2.05, 4.69) is 22.8 Å². The van der Waals surface area contributed by atoms with E-state index in [0.29, 0.717) is 5.56 Å². The zero-order chi connectivity index (χ0) is 13.5. The zero-order valence-corrected chi connectivity index (χ0v) is 11.0. The maximum Gasteiger partial charge on any atom is 0.255 e. The van der Waals surface area contributed by atoms with Gasteiger partial charge in [-0.3, -0.25) is 4.79 Å². The summed E-state index contributed by atoms with van der Waals surface area (Å²) in [4.78, 5) is 12.2. The molecule has 96 valence electrons. The molecule has 1 aliphatic rings. The van der Waals surface area contributed by atoms with Crippen LogP contribution in [0.25, 0.3) is 0 Å². The number of fused-ring (bicyclic) bond motifs is 1. The fraction of sp³-hybridized carbons (Fsp3) is 0.188. The number of nitrogens with one attached hydrogen (secondary N) is 2. The van der Waals surface area contributed by atoms with Crippen molar-refractivity contribution >= 4 is 11.6 Å². The fourth-order valence-corrected chi connectivity index (χ4v) is 2.42. The second-order valence-electron chi connectivity index (χ2n) is 5.12. The van der Waals surface area contributed by atoms with Crippen LogP contribution in [0, 0.1) is 6.92 Å². The van der Waals surface area contributed by atoms with Crippen molar-refractivity contribution < 1.29 is 4.79 Å². The van der Waals surface area contributed by atoms with Crippen molar-refractivity contribution in [2.45, 2.75) is 19.5 Å². The molecule has 0 radical (unpaired) electrons. The minimum Gasteiger partial charge on any atom is -0.359 e. The van der Waals surface area contributed by atoms with E-state index in [9.17, 15) is 4.79 Å². The molecule has 1 unspecified atom stereocenters. The van der Waals surface area contributed by atoms with Crippen LogP contribution in [0.5, 0.6) is 0 Å². The van der Waals surface area contributed by atoms with Crippen molar-refractivity contribution in [1.29, 1.82) is 0 Å². The molecule has 0 fully saturated rings. The second kappa shape index (κ2) is 4.12. The Bertz CT molecular complexity index is 633. The molecule has 1 heterocycles.